The molecular formula is C34H49N5. The highest BCUT2D eigenvalue weighted by Gasteiger charge is 2.68. The molecule has 7 fully saturated rings. The summed E-state index contributed by atoms with van der Waals surface area (Å²) in [6, 6.07) is 7.13. The first kappa shape index (κ1) is 22.1. The number of rotatable bonds is 0. The summed E-state index contributed by atoms with van der Waals surface area (Å²) in [6.45, 7) is 0. The van der Waals surface area contributed by atoms with E-state index in [0.717, 1.165) is 66.2 Å². The van der Waals surface area contributed by atoms with Crippen LogP contribution >= 0.6 is 0 Å². The molecule has 11 aliphatic rings. The first-order valence-electron chi connectivity index (χ1n) is 17.8. The van der Waals surface area contributed by atoms with E-state index in [2.05, 4.69) is 24.5 Å². The van der Waals surface area contributed by atoms with Crippen LogP contribution in [0.4, 0.5) is 0 Å². The van der Waals surface area contributed by atoms with Crippen molar-refractivity contribution < 1.29 is 0 Å². The highest BCUT2D eigenvalue weighted by molar-refractivity contribution is 5.45. The average molecular weight is 528 g/mol. The Morgan fingerprint density at radius 1 is 0.333 bits per heavy atom. The molecular weight excluding hydrogens is 478 g/mol. The van der Waals surface area contributed by atoms with Crippen LogP contribution in [0.15, 0.2) is 23.0 Å². The van der Waals surface area contributed by atoms with Gasteiger partial charge in [-0.05, 0) is 70.6 Å². The van der Waals surface area contributed by atoms with Gasteiger partial charge in [-0.15, -0.1) is 0 Å². The van der Waals surface area contributed by atoms with Crippen molar-refractivity contribution in [1.29, 1.82) is 0 Å². The van der Waals surface area contributed by atoms with Gasteiger partial charge in [0.05, 0.1) is 53.7 Å². The van der Waals surface area contributed by atoms with E-state index in [9.17, 15) is 0 Å². The first-order valence-corrected chi connectivity index (χ1v) is 17.8. The minimum absolute atomic E-state index is 0.725. The van der Waals surface area contributed by atoms with Crippen LogP contribution in [-0.2, 0) is 0 Å². The molecule has 0 aromatic heterocycles. The molecule has 11 rings (SSSR count). The van der Waals surface area contributed by atoms with Crippen molar-refractivity contribution in [2.24, 2.45) is 11.8 Å². The number of hydrogen-bond donors (Lipinski definition) is 0. The third-order valence-electron chi connectivity index (χ3n) is 14.4. The van der Waals surface area contributed by atoms with E-state index in [-0.39, 0.29) is 0 Å². The molecule has 0 radical (unpaired) electrons. The van der Waals surface area contributed by atoms with Crippen LogP contribution in [0.3, 0.4) is 0 Å². The standard InChI is InChI=1S/C34H49N5/c1-3-12-22-20(10-1)30-33-35(22)24-14-5-7-16-26(24)37(33)28-18-9-19-29-32(28)39(30)31-21-11-2-4-13-23(21)36-25-15-6-8-17-27(25)38(29)34(31)36/h20-29,32H,1-19H2. The molecule has 2 saturated heterocycles. The maximum Gasteiger partial charge on any atom is 0.126 e. The molecule has 10 unspecified atom stereocenters. The number of nitrogens with zero attached hydrogens (tertiary/aromatic N) is 5. The van der Waals surface area contributed by atoms with E-state index in [1.54, 1.807) is 0 Å². The molecule has 210 valence electrons. The van der Waals surface area contributed by atoms with Crippen molar-refractivity contribution >= 4 is 0 Å². The van der Waals surface area contributed by atoms with Crippen molar-refractivity contribution in [3.05, 3.63) is 23.0 Å². The lowest BCUT2D eigenvalue weighted by atomic mass is 9.73. The maximum absolute atomic E-state index is 3.24. The highest BCUT2D eigenvalue weighted by Crippen LogP contribution is 2.64. The lowest BCUT2D eigenvalue weighted by molar-refractivity contribution is -0.0318. The van der Waals surface area contributed by atoms with Gasteiger partial charge in [-0.2, -0.15) is 0 Å². The summed E-state index contributed by atoms with van der Waals surface area (Å²) in [5.74, 6) is 5.24. The SMILES string of the molecule is C1CCC2C(C1)C1=C3N2C2CCCCC2N3C2CCCC3C2N1C1=C2N(C4CCCCC14)C1CCCCC1N23. The minimum atomic E-state index is 0.725. The van der Waals surface area contributed by atoms with Crippen LogP contribution < -0.4 is 0 Å². The summed E-state index contributed by atoms with van der Waals surface area (Å²) in [7, 11) is 0. The Bertz CT molecular complexity index is 1070. The van der Waals surface area contributed by atoms with E-state index in [0.29, 0.717) is 0 Å². The Morgan fingerprint density at radius 3 is 1.10 bits per heavy atom. The average Bonchev–Trinajstić information content (AvgIpc) is 3.71. The molecule has 0 N–H and O–H groups in total. The van der Waals surface area contributed by atoms with E-state index in [1.165, 1.54) is 122 Å². The van der Waals surface area contributed by atoms with Crippen LogP contribution in [0.25, 0.3) is 0 Å². The van der Waals surface area contributed by atoms with Gasteiger partial charge >= 0.3 is 0 Å². The van der Waals surface area contributed by atoms with Gasteiger partial charge in [-0.3, -0.25) is 0 Å². The number of hydrogen-bond acceptors (Lipinski definition) is 5. The molecule has 5 nitrogen and oxygen atoms in total. The summed E-state index contributed by atoms with van der Waals surface area (Å²) in [4.78, 5) is 15.9. The van der Waals surface area contributed by atoms with Crippen LogP contribution in [-0.4, -0.2) is 78.9 Å². The van der Waals surface area contributed by atoms with E-state index >= 15 is 0 Å². The van der Waals surface area contributed by atoms with Crippen LogP contribution in [0.2, 0.25) is 0 Å². The molecule has 5 heteroatoms. The summed E-state index contributed by atoms with van der Waals surface area (Å²) in [5.41, 5.74) is 3.79. The second-order valence-electron chi connectivity index (χ2n) is 15.7. The van der Waals surface area contributed by atoms with Gasteiger partial charge in [0, 0.05) is 23.9 Å². The smallest absolute Gasteiger partial charge is 0.126 e. The summed E-state index contributed by atoms with van der Waals surface area (Å²) >= 11 is 0. The van der Waals surface area contributed by atoms with Gasteiger partial charge in [0.1, 0.15) is 11.6 Å². The predicted molar refractivity (Wildman–Crippen MR) is 152 cm³/mol. The Hall–Kier alpha value is -1.52. The molecule has 10 atom stereocenters. The molecule has 5 saturated carbocycles. The Labute approximate surface area is 235 Å². The maximum atomic E-state index is 3.24. The predicted octanol–water partition coefficient (Wildman–Crippen LogP) is 5.95. The lowest BCUT2D eigenvalue weighted by Gasteiger charge is -2.61. The minimum Gasteiger partial charge on any atom is -0.348 e. The summed E-state index contributed by atoms with van der Waals surface area (Å²) in [5, 5.41) is 0. The Balaban J connectivity index is 1.17. The molecule has 0 spiro atoms. The quantitative estimate of drug-likeness (QED) is 0.386. The summed E-state index contributed by atoms with van der Waals surface area (Å²) in [6.07, 6.45) is 27.8. The zero-order chi connectivity index (χ0) is 25.0. The van der Waals surface area contributed by atoms with Gasteiger partial charge in [-0.1, -0.05) is 51.4 Å². The van der Waals surface area contributed by atoms with E-state index in [4.69, 9.17) is 0 Å². The van der Waals surface area contributed by atoms with Crippen LogP contribution in [0.5, 0.6) is 0 Å². The molecule has 0 aromatic carbocycles. The first-order chi connectivity index (χ1) is 19.4. The zero-order valence-corrected chi connectivity index (χ0v) is 24.0. The topological polar surface area (TPSA) is 16.2 Å². The zero-order valence-electron chi connectivity index (χ0n) is 24.0. The fourth-order valence-electron chi connectivity index (χ4n) is 13.5. The molecule has 0 bridgehead atoms. The lowest BCUT2D eigenvalue weighted by Crippen LogP contribution is -2.69. The summed E-state index contributed by atoms with van der Waals surface area (Å²) < 4.78 is 0. The normalized spacial score (nSPS) is 50.5. The van der Waals surface area contributed by atoms with Crippen molar-refractivity contribution in [3.63, 3.8) is 0 Å². The van der Waals surface area contributed by atoms with Crippen molar-refractivity contribution in [2.45, 2.75) is 176 Å². The largest absolute Gasteiger partial charge is 0.348 e. The van der Waals surface area contributed by atoms with E-state index in [1.807, 2.05) is 23.0 Å². The Morgan fingerprint density at radius 2 is 0.667 bits per heavy atom. The van der Waals surface area contributed by atoms with Crippen LogP contribution in [0, 0.1) is 11.8 Å². The van der Waals surface area contributed by atoms with Crippen molar-refractivity contribution in [1.82, 2.24) is 24.5 Å². The molecule has 39 heavy (non-hydrogen) atoms. The third kappa shape index (κ3) is 2.47. The Kier molecular flexibility index (Phi) is 4.34. The van der Waals surface area contributed by atoms with Crippen molar-refractivity contribution in [2.75, 3.05) is 0 Å². The van der Waals surface area contributed by atoms with Crippen molar-refractivity contribution in [3.8, 4) is 0 Å². The number of fused-ring (bicyclic) bond motifs is 16. The molecule has 6 heterocycles. The molecule has 6 aliphatic heterocycles. The second kappa shape index (κ2) is 7.65. The second-order valence-corrected chi connectivity index (χ2v) is 15.7. The monoisotopic (exact) mass is 527 g/mol. The highest BCUT2D eigenvalue weighted by atomic mass is 15.6. The molecule has 0 aromatic rings. The van der Waals surface area contributed by atoms with Crippen LogP contribution in [0.1, 0.15) is 122 Å². The van der Waals surface area contributed by atoms with E-state index < -0.39 is 0 Å². The molecule has 0 amide bonds. The fraction of sp³-hybridized carbons (Fsp3) is 0.882. The third-order valence-corrected chi connectivity index (χ3v) is 14.4. The van der Waals surface area contributed by atoms with Gasteiger partial charge in [0.2, 0.25) is 0 Å². The van der Waals surface area contributed by atoms with Gasteiger partial charge < -0.3 is 24.5 Å². The fourth-order valence-corrected chi connectivity index (χ4v) is 13.5. The van der Waals surface area contributed by atoms with Gasteiger partial charge in [0.25, 0.3) is 0 Å². The van der Waals surface area contributed by atoms with Gasteiger partial charge in [-0.25, -0.2) is 0 Å². The molecule has 5 aliphatic carbocycles. The van der Waals surface area contributed by atoms with Gasteiger partial charge in [0.15, 0.2) is 0 Å².